The van der Waals surface area contributed by atoms with Crippen LogP contribution in [0, 0.1) is 5.92 Å². The van der Waals surface area contributed by atoms with Crippen LogP contribution in [0.25, 0.3) is 0 Å². The summed E-state index contributed by atoms with van der Waals surface area (Å²) in [5, 5.41) is 24.7. The summed E-state index contributed by atoms with van der Waals surface area (Å²) in [6, 6.07) is 14.5. The van der Waals surface area contributed by atoms with Gasteiger partial charge < -0.3 is 15.3 Å². The van der Waals surface area contributed by atoms with Gasteiger partial charge in [0.05, 0.1) is 4.88 Å². The molecule has 2 rings (SSSR count). The Morgan fingerprint density at radius 2 is 1.58 bits per heavy atom. The smallest absolute Gasteiger partial charge is 0.328 e. The Morgan fingerprint density at radius 3 is 2.16 bits per heavy atom. The van der Waals surface area contributed by atoms with Crippen molar-refractivity contribution in [3.63, 3.8) is 0 Å². The summed E-state index contributed by atoms with van der Waals surface area (Å²) in [4.78, 5) is 33.5. The predicted molar refractivity (Wildman–Crippen MR) is 122 cm³/mol. The molecule has 0 aliphatic carbocycles. The first-order valence-electron chi connectivity index (χ1n) is 10.2. The van der Waals surface area contributed by atoms with E-state index >= 15 is 0 Å². The molecular formula is C24H30O6S. The van der Waals surface area contributed by atoms with E-state index in [1.165, 1.54) is 10.4 Å². The molecule has 168 valence electrons. The highest BCUT2D eigenvalue weighted by atomic mass is 32.1. The molecule has 1 heterocycles. The molecule has 2 aromatic rings. The van der Waals surface area contributed by atoms with Gasteiger partial charge in [-0.2, -0.15) is 0 Å². The van der Waals surface area contributed by atoms with Crippen LogP contribution in [0.4, 0.5) is 0 Å². The summed E-state index contributed by atoms with van der Waals surface area (Å²) in [6.07, 6.45) is 6.73. The highest BCUT2D eigenvalue weighted by Crippen LogP contribution is 2.22. The van der Waals surface area contributed by atoms with Gasteiger partial charge in [0.25, 0.3) is 0 Å². The molecule has 1 aromatic carbocycles. The number of carbonyl (C=O) groups excluding carboxylic acids is 1. The van der Waals surface area contributed by atoms with Gasteiger partial charge in [0.15, 0.2) is 5.78 Å². The van der Waals surface area contributed by atoms with Crippen LogP contribution in [-0.4, -0.2) is 39.6 Å². The van der Waals surface area contributed by atoms with Gasteiger partial charge in [-0.25, -0.2) is 9.59 Å². The number of aryl methyl sites for hydroxylation is 2. The monoisotopic (exact) mass is 446 g/mol. The van der Waals surface area contributed by atoms with Crippen molar-refractivity contribution in [2.75, 3.05) is 6.61 Å². The predicted octanol–water partition coefficient (Wildman–Crippen LogP) is 4.62. The molecule has 31 heavy (non-hydrogen) atoms. The maximum absolute atomic E-state index is 12.2. The van der Waals surface area contributed by atoms with Crippen LogP contribution in [0.5, 0.6) is 0 Å². The van der Waals surface area contributed by atoms with Gasteiger partial charge in [0.1, 0.15) is 0 Å². The molecule has 0 spiro atoms. The number of hydrogen-bond acceptors (Lipinski definition) is 5. The van der Waals surface area contributed by atoms with E-state index in [4.69, 9.17) is 15.3 Å². The van der Waals surface area contributed by atoms with Gasteiger partial charge in [-0.15, -0.1) is 11.3 Å². The molecule has 0 bridgehead atoms. The molecule has 0 saturated heterocycles. The lowest BCUT2D eigenvalue weighted by molar-refractivity contribution is -0.134. The van der Waals surface area contributed by atoms with Crippen LogP contribution in [-0.2, 0) is 22.4 Å². The summed E-state index contributed by atoms with van der Waals surface area (Å²) in [5.74, 6) is -1.92. The largest absolute Gasteiger partial charge is 0.478 e. The summed E-state index contributed by atoms with van der Waals surface area (Å²) >= 11 is 1.62. The van der Waals surface area contributed by atoms with E-state index in [1.54, 1.807) is 11.3 Å². The third-order valence-corrected chi connectivity index (χ3v) is 5.65. The van der Waals surface area contributed by atoms with Gasteiger partial charge in [0.2, 0.25) is 0 Å². The summed E-state index contributed by atoms with van der Waals surface area (Å²) < 4.78 is 0. The summed E-state index contributed by atoms with van der Waals surface area (Å²) in [6.45, 7) is 2.28. The van der Waals surface area contributed by atoms with Crippen molar-refractivity contribution in [2.45, 2.75) is 45.4 Å². The second kappa shape index (κ2) is 15.1. The number of rotatable bonds is 12. The zero-order chi connectivity index (χ0) is 23.1. The molecule has 0 aliphatic heterocycles. The fourth-order valence-corrected chi connectivity index (χ4v) is 3.66. The standard InChI is InChI=1S/C20H26O2S.C4H4O4/c1-16(15-21)11-12-18-13-14-20(23-18)19(22)10-6-5-9-17-7-3-2-4-8-17;5-3(6)1-2-4(7)8/h2-4,7-8,13-14,16,21H,5-6,9-12,15H2,1H3;1-2H,(H,5,6)(H,7,8)/b;2-1-. The van der Waals surface area contributed by atoms with E-state index in [0.29, 0.717) is 24.5 Å². The van der Waals surface area contributed by atoms with E-state index < -0.39 is 11.9 Å². The van der Waals surface area contributed by atoms with Crippen LogP contribution in [0.3, 0.4) is 0 Å². The Morgan fingerprint density at radius 1 is 0.935 bits per heavy atom. The van der Waals surface area contributed by atoms with Gasteiger partial charge >= 0.3 is 11.9 Å². The Hall–Kier alpha value is -2.77. The fourth-order valence-electron chi connectivity index (χ4n) is 2.67. The highest BCUT2D eigenvalue weighted by molar-refractivity contribution is 7.14. The molecule has 0 radical (unpaired) electrons. The second-order valence-corrected chi connectivity index (χ2v) is 8.39. The van der Waals surface area contributed by atoms with Crippen molar-refractivity contribution in [3.05, 3.63) is 69.9 Å². The molecule has 0 aliphatic rings. The molecule has 1 aromatic heterocycles. The molecule has 0 fully saturated rings. The third kappa shape index (κ3) is 12.5. The van der Waals surface area contributed by atoms with Crippen molar-refractivity contribution in [1.82, 2.24) is 0 Å². The second-order valence-electron chi connectivity index (χ2n) is 7.22. The van der Waals surface area contributed by atoms with E-state index in [2.05, 4.69) is 30.3 Å². The number of aliphatic carboxylic acids is 2. The Kier molecular flexibility index (Phi) is 12.8. The van der Waals surface area contributed by atoms with E-state index in [1.807, 2.05) is 19.1 Å². The molecule has 1 atom stereocenters. The molecule has 6 nitrogen and oxygen atoms in total. The van der Waals surface area contributed by atoms with Crippen LogP contribution in [0.15, 0.2) is 54.6 Å². The number of ketones is 1. The number of aliphatic hydroxyl groups excluding tert-OH is 1. The van der Waals surface area contributed by atoms with Crippen LogP contribution >= 0.6 is 11.3 Å². The van der Waals surface area contributed by atoms with E-state index in [0.717, 1.165) is 37.0 Å². The van der Waals surface area contributed by atoms with Crippen molar-refractivity contribution in [2.24, 2.45) is 5.92 Å². The lowest BCUT2D eigenvalue weighted by atomic mass is 10.1. The van der Waals surface area contributed by atoms with Crippen molar-refractivity contribution >= 4 is 29.1 Å². The first-order valence-corrected chi connectivity index (χ1v) is 11.0. The number of Topliss-reactive ketones (excluding diaryl/α,β-unsaturated/α-hetero) is 1. The maximum Gasteiger partial charge on any atom is 0.328 e. The minimum Gasteiger partial charge on any atom is -0.478 e. The number of carboxylic acid groups (broad SMARTS) is 2. The lowest BCUT2D eigenvalue weighted by Crippen LogP contribution is -2.01. The lowest BCUT2D eigenvalue weighted by Gasteiger charge is -2.05. The number of unbranched alkanes of at least 4 members (excludes halogenated alkanes) is 1. The number of carboxylic acids is 2. The summed E-state index contributed by atoms with van der Waals surface area (Å²) in [5.41, 5.74) is 1.34. The molecule has 3 N–H and O–H groups in total. The molecule has 7 heteroatoms. The van der Waals surface area contributed by atoms with Crippen molar-refractivity contribution in [3.8, 4) is 0 Å². The molecular weight excluding hydrogens is 416 g/mol. The third-order valence-electron chi connectivity index (χ3n) is 4.46. The van der Waals surface area contributed by atoms with Crippen LogP contribution < -0.4 is 0 Å². The first-order chi connectivity index (χ1) is 14.8. The zero-order valence-electron chi connectivity index (χ0n) is 17.7. The first kappa shape index (κ1) is 26.3. The number of carbonyl (C=O) groups is 3. The van der Waals surface area contributed by atoms with E-state index in [-0.39, 0.29) is 12.4 Å². The Labute approximate surface area is 186 Å². The normalized spacial score (nSPS) is 11.5. The number of hydrogen-bond donors (Lipinski definition) is 3. The fraction of sp³-hybridized carbons (Fsp3) is 0.375. The SMILES string of the molecule is CC(CO)CCc1ccc(C(=O)CCCCc2ccccc2)s1.O=C(O)/C=C\C(=O)O. The van der Waals surface area contributed by atoms with Gasteiger partial charge in [-0.3, -0.25) is 4.79 Å². The van der Waals surface area contributed by atoms with Crippen molar-refractivity contribution in [1.29, 1.82) is 0 Å². The average Bonchev–Trinajstić information content (AvgIpc) is 3.24. The van der Waals surface area contributed by atoms with E-state index in [9.17, 15) is 14.4 Å². The number of aliphatic hydroxyl groups is 1. The van der Waals surface area contributed by atoms with Gasteiger partial charge in [0, 0.05) is 30.1 Å². The topological polar surface area (TPSA) is 112 Å². The highest BCUT2D eigenvalue weighted by Gasteiger charge is 2.10. The Balaban J connectivity index is 0.000000512. The van der Waals surface area contributed by atoms with Gasteiger partial charge in [-0.05, 0) is 55.7 Å². The minimum absolute atomic E-state index is 0.235. The molecule has 0 amide bonds. The average molecular weight is 447 g/mol. The minimum atomic E-state index is -1.26. The van der Waals surface area contributed by atoms with Crippen LogP contribution in [0.2, 0.25) is 0 Å². The zero-order valence-corrected chi connectivity index (χ0v) is 18.5. The van der Waals surface area contributed by atoms with Gasteiger partial charge in [-0.1, -0.05) is 37.3 Å². The quantitative estimate of drug-likeness (QED) is 0.249. The molecule has 0 saturated carbocycles. The maximum atomic E-state index is 12.2. The molecule has 1 unspecified atom stereocenters. The Bertz CT molecular complexity index is 825. The summed E-state index contributed by atoms with van der Waals surface area (Å²) in [7, 11) is 0. The number of thiophene rings is 1. The van der Waals surface area contributed by atoms with Crippen LogP contribution in [0.1, 0.15) is 52.7 Å². The van der Waals surface area contributed by atoms with Crippen molar-refractivity contribution < 1.29 is 29.7 Å². The number of benzene rings is 1.